The Kier molecular flexibility index (Phi) is 5.92. The first kappa shape index (κ1) is 16.9. The van der Waals surface area contributed by atoms with E-state index in [2.05, 4.69) is 4.90 Å². The standard InChI is InChI=1S/C14H19FN2O2.ClH/c15-12-3-1-11(2-4-12)14(19)6-9-17(10-7-14)8-5-13(16)18;/h1-4,19H,5-10H2,(H2,16,18);1H. The second kappa shape index (κ2) is 7.02. The van der Waals surface area contributed by atoms with Crippen molar-refractivity contribution in [1.29, 1.82) is 0 Å². The molecule has 3 N–H and O–H groups in total. The number of amides is 1. The van der Waals surface area contributed by atoms with Gasteiger partial charge in [-0.15, -0.1) is 12.4 Å². The highest BCUT2D eigenvalue weighted by molar-refractivity contribution is 5.85. The zero-order valence-corrected chi connectivity index (χ0v) is 12.0. The van der Waals surface area contributed by atoms with Crippen LogP contribution in [0.5, 0.6) is 0 Å². The van der Waals surface area contributed by atoms with Gasteiger partial charge in [0, 0.05) is 26.1 Å². The first-order chi connectivity index (χ1) is 8.99. The molecule has 20 heavy (non-hydrogen) atoms. The van der Waals surface area contributed by atoms with E-state index in [-0.39, 0.29) is 24.1 Å². The van der Waals surface area contributed by atoms with Crippen LogP contribution in [0.25, 0.3) is 0 Å². The molecule has 1 aliphatic rings. The number of nitrogens with zero attached hydrogens (tertiary/aromatic N) is 1. The molecule has 2 rings (SSSR count). The molecule has 1 saturated heterocycles. The Hall–Kier alpha value is -1.17. The molecule has 1 aromatic carbocycles. The van der Waals surface area contributed by atoms with E-state index in [1.165, 1.54) is 12.1 Å². The van der Waals surface area contributed by atoms with Crippen LogP contribution in [0.3, 0.4) is 0 Å². The molecule has 0 radical (unpaired) electrons. The van der Waals surface area contributed by atoms with Crippen molar-refractivity contribution < 1.29 is 14.3 Å². The maximum absolute atomic E-state index is 12.9. The van der Waals surface area contributed by atoms with Crippen LogP contribution in [0.15, 0.2) is 24.3 Å². The number of nitrogens with two attached hydrogens (primary N) is 1. The molecule has 0 atom stereocenters. The van der Waals surface area contributed by atoms with Crippen molar-refractivity contribution in [2.24, 2.45) is 5.73 Å². The number of benzene rings is 1. The number of hydrogen-bond donors (Lipinski definition) is 2. The van der Waals surface area contributed by atoms with Crippen LogP contribution in [0.4, 0.5) is 4.39 Å². The zero-order valence-electron chi connectivity index (χ0n) is 11.2. The Balaban J connectivity index is 0.00000200. The van der Waals surface area contributed by atoms with Gasteiger partial charge in [0.2, 0.25) is 5.91 Å². The Morgan fingerprint density at radius 1 is 1.30 bits per heavy atom. The summed E-state index contributed by atoms with van der Waals surface area (Å²) in [7, 11) is 0. The van der Waals surface area contributed by atoms with Crippen molar-refractivity contribution in [2.75, 3.05) is 19.6 Å². The number of piperidine rings is 1. The maximum Gasteiger partial charge on any atom is 0.218 e. The van der Waals surface area contributed by atoms with Gasteiger partial charge in [0.05, 0.1) is 5.60 Å². The number of halogens is 2. The van der Waals surface area contributed by atoms with Crippen LogP contribution in [0.2, 0.25) is 0 Å². The summed E-state index contributed by atoms with van der Waals surface area (Å²) in [5, 5.41) is 10.6. The van der Waals surface area contributed by atoms with Gasteiger partial charge >= 0.3 is 0 Å². The molecule has 0 saturated carbocycles. The van der Waals surface area contributed by atoms with Gasteiger partial charge in [0.15, 0.2) is 0 Å². The van der Waals surface area contributed by atoms with Gasteiger partial charge in [0.1, 0.15) is 5.82 Å². The van der Waals surface area contributed by atoms with E-state index >= 15 is 0 Å². The molecule has 0 spiro atoms. The molecule has 0 unspecified atom stereocenters. The normalized spacial score (nSPS) is 18.3. The third-order valence-corrected chi connectivity index (χ3v) is 3.74. The molecule has 1 heterocycles. The smallest absolute Gasteiger partial charge is 0.218 e. The summed E-state index contributed by atoms with van der Waals surface area (Å²) < 4.78 is 12.9. The molecule has 0 aromatic heterocycles. The molecule has 1 aromatic rings. The fraction of sp³-hybridized carbons (Fsp3) is 0.500. The lowest BCUT2D eigenvalue weighted by Crippen LogP contribution is -2.43. The highest BCUT2D eigenvalue weighted by Crippen LogP contribution is 2.32. The Bertz CT molecular complexity index is 445. The van der Waals surface area contributed by atoms with Crippen molar-refractivity contribution in [3.63, 3.8) is 0 Å². The van der Waals surface area contributed by atoms with E-state index in [9.17, 15) is 14.3 Å². The monoisotopic (exact) mass is 302 g/mol. The predicted molar refractivity (Wildman–Crippen MR) is 77.0 cm³/mol. The quantitative estimate of drug-likeness (QED) is 0.883. The van der Waals surface area contributed by atoms with Crippen LogP contribution in [-0.2, 0) is 10.4 Å². The number of carbonyl (C=O) groups is 1. The maximum atomic E-state index is 12.9. The molecule has 4 nitrogen and oxygen atoms in total. The number of aliphatic hydroxyl groups is 1. The SMILES string of the molecule is Cl.NC(=O)CCN1CCC(O)(c2ccc(F)cc2)CC1. The number of rotatable bonds is 4. The van der Waals surface area contributed by atoms with Crippen LogP contribution in [-0.4, -0.2) is 35.5 Å². The molecular weight excluding hydrogens is 283 g/mol. The molecule has 1 amide bonds. The largest absolute Gasteiger partial charge is 0.385 e. The fourth-order valence-electron chi connectivity index (χ4n) is 2.46. The summed E-state index contributed by atoms with van der Waals surface area (Å²) in [5.74, 6) is -0.606. The number of likely N-dealkylation sites (tertiary alicyclic amines) is 1. The van der Waals surface area contributed by atoms with Gasteiger partial charge in [-0.05, 0) is 30.5 Å². The van der Waals surface area contributed by atoms with Crippen molar-refractivity contribution >= 4 is 18.3 Å². The van der Waals surface area contributed by atoms with E-state index in [0.29, 0.717) is 38.9 Å². The molecule has 0 aliphatic carbocycles. The molecular formula is C14H20ClFN2O2. The van der Waals surface area contributed by atoms with Crippen LogP contribution >= 0.6 is 12.4 Å². The zero-order chi connectivity index (χ0) is 13.9. The van der Waals surface area contributed by atoms with Gasteiger partial charge in [-0.3, -0.25) is 4.79 Å². The third kappa shape index (κ3) is 4.16. The Morgan fingerprint density at radius 3 is 2.35 bits per heavy atom. The summed E-state index contributed by atoms with van der Waals surface area (Å²) in [6.07, 6.45) is 1.50. The lowest BCUT2D eigenvalue weighted by atomic mass is 9.84. The minimum Gasteiger partial charge on any atom is -0.385 e. The Labute approximate surface area is 124 Å². The summed E-state index contributed by atoms with van der Waals surface area (Å²) >= 11 is 0. The van der Waals surface area contributed by atoms with Crippen LogP contribution < -0.4 is 5.73 Å². The number of carbonyl (C=O) groups excluding carboxylic acids is 1. The highest BCUT2D eigenvalue weighted by Gasteiger charge is 2.33. The topological polar surface area (TPSA) is 66.6 Å². The molecule has 112 valence electrons. The first-order valence-corrected chi connectivity index (χ1v) is 6.49. The second-order valence-corrected chi connectivity index (χ2v) is 5.10. The summed E-state index contributed by atoms with van der Waals surface area (Å²) in [6, 6.07) is 6.00. The Morgan fingerprint density at radius 2 is 1.85 bits per heavy atom. The van der Waals surface area contributed by atoms with E-state index in [4.69, 9.17) is 5.73 Å². The molecule has 0 bridgehead atoms. The van der Waals surface area contributed by atoms with Crippen LogP contribution in [0.1, 0.15) is 24.8 Å². The fourth-order valence-corrected chi connectivity index (χ4v) is 2.46. The minimum atomic E-state index is -0.892. The summed E-state index contributed by atoms with van der Waals surface area (Å²) in [5.41, 5.74) is 4.98. The van der Waals surface area contributed by atoms with E-state index in [1.807, 2.05) is 0 Å². The van der Waals surface area contributed by atoms with Crippen molar-refractivity contribution in [1.82, 2.24) is 4.90 Å². The van der Waals surface area contributed by atoms with Crippen LogP contribution in [0, 0.1) is 5.82 Å². The molecule has 6 heteroatoms. The summed E-state index contributed by atoms with van der Waals surface area (Å²) in [6.45, 7) is 2.05. The van der Waals surface area contributed by atoms with Gasteiger partial charge in [0.25, 0.3) is 0 Å². The first-order valence-electron chi connectivity index (χ1n) is 6.49. The van der Waals surface area contributed by atoms with Gasteiger partial charge in [-0.2, -0.15) is 0 Å². The number of hydrogen-bond acceptors (Lipinski definition) is 3. The average Bonchev–Trinajstić information content (AvgIpc) is 2.39. The molecule has 1 aliphatic heterocycles. The lowest BCUT2D eigenvalue weighted by molar-refractivity contribution is -0.118. The molecule has 1 fully saturated rings. The van der Waals surface area contributed by atoms with Gasteiger partial charge in [-0.1, -0.05) is 12.1 Å². The summed E-state index contributed by atoms with van der Waals surface area (Å²) in [4.78, 5) is 12.8. The van der Waals surface area contributed by atoms with E-state index < -0.39 is 5.60 Å². The van der Waals surface area contributed by atoms with Crippen molar-refractivity contribution in [3.05, 3.63) is 35.6 Å². The van der Waals surface area contributed by atoms with E-state index in [1.54, 1.807) is 12.1 Å². The highest BCUT2D eigenvalue weighted by atomic mass is 35.5. The average molecular weight is 303 g/mol. The lowest BCUT2D eigenvalue weighted by Gasteiger charge is -2.38. The van der Waals surface area contributed by atoms with Gasteiger partial charge in [-0.25, -0.2) is 4.39 Å². The van der Waals surface area contributed by atoms with E-state index in [0.717, 1.165) is 5.56 Å². The predicted octanol–water partition coefficient (Wildman–Crippen LogP) is 1.41. The third-order valence-electron chi connectivity index (χ3n) is 3.74. The van der Waals surface area contributed by atoms with Crippen molar-refractivity contribution in [2.45, 2.75) is 24.9 Å². The minimum absolute atomic E-state index is 0. The number of primary amides is 1. The second-order valence-electron chi connectivity index (χ2n) is 5.10. The van der Waals surface area contributed by atoms with Gasteiger partial charge < -0.3 is 15.7 Å². The van der Waals surface area contributed by atoms with Crippen molar-refractivity contribution in [3.8, 4) is 0 Å².